The van der Waals surface area contributed by atoms with Gasteiger partial charge in [0.2, 0.25) is 0 Å². The average molecular weight is 232 g/mol. The minimum Gasteiger partial charge on any atom is -0.400 e. The number of rotatable bonds is 3. The minimum absolute atomic E-state index is 0.157. The zero-order chi connectivity index (χ0) is 12.9. The third kappa shape index (κ3) is 4.83. The lowest BCUT2D eigenvalue weighted by molar-refractivity contribution is 0.330. The molecular formula is C14H20N2O. The fourth-order valence-electron chi connectivity index (χ4n) is 1.37. The summed E-state index contributed by atoms with van der Waals surface area (Å²) in [5, 5.41) is 8.98. The van der Waals surface area contributed by atoms with E-state index in [9.17, 15) is 0 Å². The molecule has 3 N–H and O–H groups in total. The van der Waals surface area contributed by atoms with Crippen LogP contribution < -0.4 is 5.73 Å². The van der Waals surface area contributed by atoms with E-state index in [0.717, 1.165) is 11.3 Å². The van der Waals surface area contributed by atoms with Gasteiger partial charge in [-0.05, 0) is 32.4 Å². The molecule has 1 rings (SSSR count). The summed E-state index contributed by atoms with van der Waals surface area (Å²) in [5.74, 6) is 0. The highest BCUT2D eigenvalue weighted by Crippen LogP contribution is 2.12. The van der Waals surface area contributed by atoms with Gasteiger partial charge in [-0.2, -0.15) is 0 Å². The highest BCUT2D eigenvalue weighted by Gasteiger charge is 2.10. The molecule has 0 radical (unpaired) electrons. The number of allylic oxidation sites excluding steroid dienone is 1. The van der Waals surface area contributed by atoms with Gasteiger partial charge in [0, 0.05) is 5.70 Å². The van der Waals surface area contributed by atoms with Crippen molar-refractivity contribution in [3.05, 3.63) is 47.7 Å². The Hall–Kier alpha value is -1.61. The van der Waals surface area contributed by atoms with Crippen molar-refractivity contribution in [2.45, 2.75) is 26.3 Å². The van der Waals surface area contributed by atoms with Gasteiger partial charge in [-0.15, -0.1) is 0 Å². The van der Waals surface area contributed by atoms with E-state index in [1.54, 1.807) is 6.08 Å². The third-order valence-electron chi connectivity index (χ3n) is 2.03. The number of nitrogens with zero attached hydrogens (tertiary/aromatic N) is 1. The fraction of sp³-hybridized carbons (Fsp3) is 0.357. The van der Waals surface area contributed by atoms with Crippen LogP contribution >= 0.6 is 0 Å². The molecule has 0 heterocycles. The molecule has 0 bridgehead atoms. The first-order chi connectivity index (χ1) is 7.92. The van der Waals surface area contributed by atoms with Crippen molar-refractivity contribution >= 4 is 5.71 Å². The smallest absolute Gasteiger partial charge is 0.0826 e. The van der Waals surface area contributed by atoms with Gasteiger partial charge in [-0.25, -0.2) is 0 Å². The van der Waals surface area contributed by atoms with Gasteiger partial charge in [0.05, 0.1) is 17.9 Å². The number of nitrogens with two attached hydrogens (primary N) is 1. The van der Waals surface area contributed by atoms with Crippen LogP contribution in [-0.4, -0.2) is 23.0 Å². The van der Waals surface area contributed by atoms with Crippen LogP contribution in [0.5, 0.6) is 0 Å². The van der Waals surface area contributed by atoms with E-state index >= 15 is 0 Å². The monoisotopic (exact) mass is 232 g/mol. The Morgan fingerprint density at radius 2 is 1.88 bits per heavy atom. The molecule has 92 valence electrons. The average Bonchev–Trinajstić information content (AvgIpc) is 2.27. The molecule has 0 atom stereocenters. The van der Waals surface area contributed by atoms with Gasteiger partial charge in [0.15, 0.2) is 0 Å². The van der Waals surface area contributed by atoms with Crippen LogP contribution in [0.3, 0.4) is 0 Å². The molecule has 0 saturated heterocycles. The van der Waals surface area contributed by atoms with Gasteiger partial charge in [0.1, 0.15) is 0 Å². The molecule has 0 amide bonds. The lowest BCUT2D eigenvalue weighted by Gasteiger charge is -2.15. The Bertz CT molecular complexity index is 414. The van der Waals surface area contributed by atoms with Gasteiger partial charge < -0.3 is 10.8 Å². The number of benzene rings is 1. The first-order valence-corrected chi connectivity index (χ1v) is 5.64. The molecule has 0 aliphatic heterocycles. The van der Waals surface area contributed by atoms with E-state index < -0.39 is 0 Å². The van der Waals surface area contributed by atoms with Crippen LogP contribution in [0.4, 0.5) is 0 Å². The predicted octanol–water partition coefficient (Wildman–Crippen LogP) is 2.11. The minimum atomic E-state index is -0.183. The van der Waals surface area contributed by atoms with Crippen LogP contribution in [0.1, 0.15) is 26.3 Å². The summed E-state index contributed by atoms with van der Waals surface area (Å²) >= 11 is 0. The van der Waals surface area contributed by atoms with Crippen molar-refractivity contribution in [1.29, 1.82) is 0 Å². The first-order valence-electron chi connectivity index (χ1n) is 5.64. The predicted molar refractivity (Wildman–Crippen MR) is 72.1 cm³/mol. The zero-order valence-electron chi connectivity index (χ0n) is 10.6. The molecule has 0 unspecified atom stereocenters. The summed E-state index contributed by atoms with van der Waals surface area (Å²) in [4.78, 5) is 4.62. The Kier molecular flexibility index (Phi) is 4.46. The molecule has 0 aliphatic rings. The molecular weight excluding hydrogens is 212 g/mol. The second-order valence-corrected chi connectivity index (χ2v) is 4.91. The molecule has 0 aromatic heterocycles. The van der Waals surface area contributed by atoms with Gasteiger partial charge >= 0.3 is 0 Å². The maximum absolute atomic E-state index is 8.98. The van der Waals surface area contributed by atoms with Crippen molar-refractivity contribution in [1.82, 2.24) is 0 Å². The van der Waals surface area contributed by atoms with Crippen LogP contribution in [-0.2, 0) is 0 Å². The number of hydrogen-bond donors (Lipinski definition) is 2. The fourth-order valence-corrected chi connectivity index (χ4v) is 1.37. The van der Waals surface area contributed by atoms with E-state index in [-0.39, 0.29) is 12.1 Å². The lowest BCUT2D eigenvalue weighted by atomic mass is 10.1. The highest BCUT2D eigenvalue weighted by atomic mass is 16.3. The quantitative estimate of drug-likeness (QED) is 0.784. The van der Waals surface area contributed by atoms with E-state index in [2.05, 4.69) is 4.99 Å². The van der Waals surface area contributed by atoms with Crippen LogP contribution in [0.25, 0.3) is 0 Å². The molecule has 17 heavy (non-hydrogen) atoms. The lowest BCUT2D eigenvalue weighted by Crippen LogP contribution is -2.15. The summed E-state index contributed by atoms with van der Waals surface area (Å²) in [6.45, 7) is 5.92. The SMILES string of the molecule is CC(C)(C)N=C(C=C(N)CO)c1ccccc1. The summed E-state index contributed by atoms with van der Waals surface area (Å²) in [7, 11) is 0. The van der Waals surface area contributed by atoms with E-state index in [0.29, 0.717) is 5.70 Å². The molecule has 1 aromatic carbocycles. The van der Waals surface area contributed by atoms with Crippen LogP contribution in [0, 0.1) is 0 Å². The van der Waals surface area contributed by atoms with Crippen molar-refractivity contribution in [2.75, 3.05) is 6.61 Å². The number of aliphatic hydroxyl groups is 1. The molecule has 3 heteroatoms. The van der Waals surface area contributed by atoms with Crippen molar-refractivity contribution in [3.63, 3.8) is 0 Å². The molecule has 0 saturated carbocycles. The maximum atomic E-state index is 8.98. The number of hydrogen-bond acceptors (Lipinski definition) is 3. The Morgan fingerprint density at radius 1 is 1.29 bits per heavy atom. The summed E-state index contributed by atoms with van der Waals surface area (Å²) in [5.41, 5.74) is 7.69. The van der Waals surface area contributed by atoms with Crippen molar-refractivity contribution < 1.29 is 5.11 Å². The highest BCUT2D eigenvalue weighted by molar-refractivity contribution is 6.09. The number of aliphatic imine (C=N–C) groups is 1. The second kappa shape index (κ2) is 5.64. The molecule has 0 fully saturated rings. The largest absolute Gasteiger partial charge is 0.400 e. The molecule has 0 spiro atoms. The van der Waals surface area contributed by atoms with Crippen molar-refractivity contribution in [3.8, 4) is 0 Å². The Morgan fingerprint density at radius 3 is 2.35 bits per heavy atom. The molecule has 1 aromatic rings. The van der Waals surface area contributed by atoms with Gasteiger partial charge in [-0.3, -0.25) is 4.99 Å². The van der Waals surface area contributed by atoms with E-state index in [1.807, 2.05) is 51.1 Å². The topological polar surface area (TPSA) is 58.6 Å². The maximum Gasteiger partial charge on any atom is 0.0826 e. The van der Waals surface area contributed by atoms with Crippen LogP contribution in [0.2, 0.25) is 0 Å². The number of aliphatic hydroxyl groups excluding tert-OH is 1. The Labute approximate surface area is 103 Å². The van der Waals surface area contributed by atoms with Crippen LogP contribution in [0.15, 0.2) is 47.1 Å². The zero-order valence-corrected chi connectivity index (χ0v) is 10.6. The summed E-state index contributed by atoms with van der Waals surface area (Å²) in [6, 6.07) is 9.82. The normalized spacial score (nSPS) is 13.9. The third-order valence-corrected chi connectivity index (χ3v) is 2.03. The molecule has 0 aliphatic carbocycles. The van der Waals surface area contributed by atoms with E-state index in [1.165, 1.54) is 0 Å². The summed E-state index contributed by atoms with van der Waals surface area (Å²) < 4.78 is 0. The van der Waals surface area contributed by atoms with Gasteiger partial charge in [0.25, 0.3) is 0 Å². The summed E-state index contributed by atoms with van der Waals surface area (Å²) in [6.07, 6.45) is 1.72. The molecule has 3 nitrogen and oxygen atoms in total. The standard InChI is InChI=1S/C14H20N2O/c1-14(2,3)16-13(9-12(15)10-17)11-7-5-4-6-8-11/h4-9,17H,10,15H2,1-3H3. The van der Waals surface area contributed by atoms with Gasteiger partial charge in [-0.1, -0.05) is 30.3 Å². The Balaban J connectivity index is 3.18. The second-order valence-electron chi connectivity index (χ2n) is 4.91. The van der Waals surface area contributed by atoms with Crippen molar-refractivity contribution in [2.24, 2.45) is 10.7 Å². The first kappa shape index (κ1) is 13.5. The van der Waals surface area contributed by atoms with E-state index in [4.69, 9.17) is 10.8 Å².